The highest BCUT2D eigenvalue weighted by Crippen LogP contribution is 2.22. The number of halogens is 1. The summed E-state index contributed by atoms with van der Waals surface area (Å²) < 4.78 is 5.26. The third kappa shape index (κ3) is 4.82. The second-order valence-corrected chi connectivity index (χ2v) is 4.97. The summed E-state index contributed by atoms with van der Waals surface area (Å²) in [4.78, 5) is 6.74. The molecule has 0 saturated carbocycles. The van der Waals surface area contributed by atoms with Crippen molar-refractivity contribution in [2.75, 3.05) is 39.1 Å². The summed E-state index contributed by atoms with van der Waals surface area (Å²) in [6.07, 6.45) is 1.20. The van der Waals surface area contributed by atoms with Crippen LogP contribution in [0, 0.1) is 5.92 Å². The van der Waals surface area contributed by atoms with E-state index < -0.39 is 0 Å². The molecule has 1 unspecified atom stereocenters. The van der Waals surface area contributed by atoms with Gasteiger partial charge >= 0.3 is 0 Å². The number of guanidine groups is 1. The van der Waals surface area contributed by atoms with Gasteiger partial charge in [-0.05, 0) is 38.1 Å². The third-order valence-electron chi connectivity index (χ3n) is 3.38. The smallest absolute Gasteiger partial charge is 0.193 e. The van der Waals surface area contributed by atoms with Crippen molar-refractivity contribution in [3.05, 3.63) is 24.3 Å². The fourth-order valence-corrected chi connectivity index (χ4v) is 2.33. The van der Waals surface area contributed by atoms with Crippen molar-refractivity contribution < 1.29 is 4.74 Å². The lowest BCUT2D eigenvalue weighted by atomic mass is 10.1. The molecule has 1 fully saturated rings. The number of rotatable bonds is 4. The molecule has 1 atom stereocenters. The summed E-state index contributed by atoms with van der Waals surface area (Å²) in [6, 6.07) is 7.67. The van der Waals surface area contributed by atoms with Gasteiger partial charge in [-0.2, -0.15) is 0 Å². The van der Waals surface area contributed by atoms with E-state index in [0.29, 0.717) is 11.9 Å². The van der Waals surface area contributed by atoms with Gasteiger partial charge in [-0.25, -0.2) is 0 Å². The molecule has 1 saturated heterocycles. The molecule has 0 bridgehead atoms. The highest BCUT2D eigenvalue weighted by atomic mass is 127. The van der Waals surface area contributed by atoms with Crippen LogP contribution < -0.4 is 15.8 Å². The zero-order valence-electron chi connectivity index (χ0n) is 12.0. The van der Waals surface area contributed by atoms with Gasteiger partial charge in [0.1, 0.15) is 5.75 Å². The molecule has 0 radical (unpaired) electrons. The van der Waals surface area contributed by atoms with Crippen LogP contribution in [0.2, 0.25) is 0 Å². The molecule has 0 spiro atoms. The predicted molar refractivity (Wildman–Crippen MR) is 94.1 cm³/mol. The van der Waals surface area contributed by atoms with Gasteiger partial charge in [-0.15, -0.1) is 24.0 Å². The van der Waals surface area contributed by atoms with Crippen LogP contribution in [-0.4, -0.2) is 44.7 Å². The Labute approximate surface area is 137 Å². The summed E-state index contributed by atoms with van der Waals surface area (Å²) in [6.45, 7) is 3.03. The van der Waals surface area contributed by atoms with Gasteiger partial charge in [0.05, 0.1) is 12.8 Å². The molecule has 0 aliphatic carbocycles. The predicted octanol–water partition coefficient (Wildman–Crippen LogP) is 1.99. The number of methoxy groups -OCH3 is 1. The van der Waals surface area contributed by atoms with E-state index >= 15 is 0 Å². The topological polar surface area (TPSA) is 62.9 Å². The van der Waals surface area contributed by atoms with Crippen molar-refractivity contribution >= 4 is 35.6 Å². The Morgan fingerprint density at radius 1 is 1.50 bits per heavy atom. The summed E-state index contributed by atoms with van der Waals surface area (Å²) in [5, 5.41) is 3.09. The van der Waals surface area contributed by atoms with E-state index in [1.807, 2.05) is 24.3 Å². The molecule has 0 amide bonds. The van der Waals surface area contributed by atoms with Crippen LogP contribution in [0.1, 0.15) is 6.42 Å². The standard InChI is InChI=1S/C14H22N4O.HI/c1-18-8-7-11(10-18)9-16-14(15)17-12-5-3-4-6-13(12)19-2;/h3-6,11H,7-10H2,1-2H3,(H3,15,16,17);1H. The number of anilines is 1. The lowest BCUT2D eigenvalue weighted by Crippen LogP contribution is -2.24. The summed E-state index contributed by atoms with van der Waals surface area (Å²) >= 11 is 0. The van der Waals surface area contributed by atoms with Gasteiger partial charge in [-0.3, -0.25) is 4.99 Å². The molecular weight excluding hydrogens is 367 g/mol. The SMILES string of the molecule is COc1ccccc1NC(N)=NCC1CCN(C)C1.I. The molecule has 1 aliphatic rings. The first kappa shape index (κ1) is 17.0. The maximum absolute atomic E-state index is 5.91. The summed E-state index contributed by atoms with van der Waals surface area (Å²) in [5.41, 5.74) is 6.75. The molecule has 1 aromatic rings. The number of aliphatic imine (C=N–C) groups is 1. The zero-order valence-corrected chi connectivity index (χ0v) is 14.3. The molecule has 0 aromatic heterocycles. The Bertz CT molecular complexity index is 453. The monoisotopic (exact) mass is 390 g/mol. The fraction of sp³-hybridized carbons (Fsp3) is 0.500. The Hall–Kier alpha value is -1.02. The maximum atomic E-state index is 5.91. The second kappa shape index (κ2) is 8.31. The number of hydrogen-bond acceptors (Lipinski definition) is 3. The number of nitrogens with one attached hydrogen (secondary N) is 1. The molecule has 6 heteroatoms. The fourth-order valence-electron chi connectivity index (χ4n) is 2.33. The van der Waals surface area contributed by atoms with Crippen LogP contribution in [0.25, 0.3) is 0 Å². The van der Waals surface area contributed by atoms with Crippen molar-refractivity contribution in [1.29, 1.82) is 0 Å². The van der Waals surface area contributed by atoms with Crippen molar-refractivity contribution in [2.24, 2.45) is 16.6 Å². The van der Waals surface area contributed by atoms with E-state index in [-0.39, 0.29) is 24.0 Å². The molecule has 1 aliphatic heterocycles. The maximum Gasteiger partial charge on any atom is 0.193 e. The zero-order chi connectivity index (χ0) is 13.7. The molecule has 112 valence electrons. The Morgan fingerprint density at radius 2 is 2.25 bits per heavy atom. The van der Waals surface area contributed by atoms with Crippen LogP contribution in [0.15, 0.2) is 29.3 Å². The van der Waals surface area contributed by atoms with Gasteiger partial charge < -0.3 is 20.7 Å². The van der Waals surface area contributed by atoms with E-state index in [1.54, 1.807) is 7.11 Å². The van der Waals surface area contributed by atoms with Crippen LogP contribution in [0.3, 0.4) is 0 Å². The lowest BCUT2D eigenvalue weighted by molar-refractivity contribution is 0.397. The van der Waals surface area contributed by atoms with Crippen molar-refractivity contribution in [2.45, 2.75) is 6.42 Å². The van der Waals surface area contributed by atoms with E-state index in [9.17, 15) is 0 Å². The minimum absolute atomic E-state index is 0. The highest BCUT2D eigenvalue weighted by Gasteiger charge is 2.18. The largest absolute Gasteiger partial charge is 0.495 e. The normalized spacial score (nSPS) is 19.5. The van der Waals surface area contributed by atoms with Gasteiger partial charge in [0.25, 0.3) is 0 Å². The Morgan fingerprint density at radius 3 is 2.90 bits per heavy atom. The van der Waals surface area contributed by atoms with Crippen LogP contribution in [0.4, 0.5) is 5.69 Å². The van der Waals surface area contributed by atoms with Crippen molar-refractivity contribution in [1.82, 2.24) is 4.90 Å². The first-order valence-corrected chi connectivity index (χ1v) is 6.57. The summed E-state index contributed by atoms with van der Waals surface area (Å²) in [5.74, 6) is 1.82. The third-order valence-corrected chi connectivity index (χ3v) is 3.38. The Kier molecular flexibility index (Phi) is 7.08. The Balaban J connectivity index is 0.00000200. The number of benzene rings is 1. The number of hydrogen-bond donors (Lipinski definition) is 2. The molecule has 1 heterocycles. The lowest BCUT2D eigenvalue weighted by Gasteiger charge is -2.11. The minimum Gasteiger partial charge on any atom is -0.495 e. The van der Waals surface area contributed by atoms with Crippen LogP contribution in [-0.2, 0) is 0 Å². The first-order chi connectivity index (χ1) is 9.19. The van der Waals surface area contributed by atoms with E-state index in [0.717, 1.165) is 31.1 Å². The highest BCUT2D eigenvalue weighted by molar-refractivity contribution is 14.0. The van der Waals surface area contributed by atoms with Crippen LogP contribution in [0.5, 0.6) is 5.75 Å². The van der Waals surface area contributed by atoms with Gasteiger partial charge in [0, 0.05) is 13.1 Å². The molecule has 2 rings (SSSR count). The van der Waals surface area contributed by atoms with E-state index in [1.165, 1.54) is 6.42 Å². The number of nitrogens with two attached hydrogens (primary N) is 1. The number of ether oxygens (including phenoxy) is 1. The average molecular weight is 390 g/mol. The second-order valence-electron chi connectivity index (χ2n) is 4.97. The van der Waals surface area contributed by atoms with Gasteiger partial charge in [-0.1, -0.05) is 12.1 Å². The van der Waals surface area contributed by atoms with Gasteiger partial charge in [0.2, 0.25) is 0 Å². The quantitative estimate of drug-likeness (QED) is 0.469. The molecule has 3 N–H and O–H groups in total. The van der Waals surface area contributed by atoms with E-state index in [4.69, 9.17) is 10.5 Å². The summed E-state index contributed by atoms with van der Waals surface area (Å²) in [7, 11) is 3.78. The number of likely N-dealkylation sites (tertiary alicyclic amines) is 1. The first-order valence-electron chi connectivity index (χ1n) is 6.57. The minimum atomic E-state index is 0. The van der Waals surface area contributed by atoms with Gasteiger partial charge in [0.15, 0.2) is 5.96 Å². The number of para-hydroxylation sites is 2. The number of nitrogens with zero attached hydrogens (tertiary/aromatic N) is 2. The van der Waals surface area contributed by atoms with E-state index in [2.05, 4.69) is 22.3 Å². The van der Waals surface area contributed by atoms with Crippen LogP contribution >= 0.6 is 24.0 Å². The molecular formula is C14H23IN4O. The van der Waals surface area contributed by atoms with Crippen molar-refractivity contribution in [3.8, 4) is 5.75 Å². The molecule has 1 aromatic carbocycles. The molecule has 5 nitrogen and oxygen atoms in total. The molecule has 20 heavy (non-hydrogen) atoms. The van der Waals surface area contributed by atoms with Crippen molar-refractivity contribution in [3.63, 3.8) is 0 Å². The average Bonchev–Trinajstić information content (AvgIpc) is 2.83.